The molecular weight excluding hydrogens is 260 g/mol. The van der Waals surface area contributed by atoms with Gasteiger partial charge in [-0.2, -0.15) is 5.26 Å². The molecule has 0 N–H and O–H groups in total. The van der Waals surface area contributed by atoms with Gasteiger partial charge in [0.25, 0.3) is 5.91 Å². The number of carbonyl (C=O) groups excluding carboxylic acids is 2. The van der Waals surface area contributed by atoms with Crippen LogP contribution in [0.5, 0.6) is 0 Å². The summed E-state index contributed by atoms with van der Waals surface area (Å²) in [6, 6.07) is 8.20. The average molecular weight is 276 g/mol. The van der Waals surface area contributed by atoms with Crippen LogP contribution in [0.3, 0.4) is 0 Å². The van der Waals surface area contributed by atoms with E-state index in [0.717, 1.165) is 0 Å². The van der Waals surface area contributed by atoms with Crippen molar-refractivity contribution in [2.45, 2.75) is 0 Å². The Morgan fingerprint density at radius 2 is 1.90 bits per heavy atom. The predicted octanol–water partition coefficient (Wildman–Crippen LogP) is 0.820. The third-order valence-corrected chi connectivity index (χ3v) is 2.66. The molecule has 1 aromatic carbocycles. The number of hydrogen-bond donors (Lipinski definition) is 0. The van der Waals surface area contributed by atoms with Gasteiger partial charge < -0.3 is 14.4 Å². The molecule has 1 rings (SSSR count). The summed E-state index contributed by atoms with van der Waals surface area (Å²) >= 11 is 0. The zero-order valence-electron chi connectivity index (χ0n) is 11.5. The first-order chi connectivity index (χ1) is 9.62. The normalized spacial score (nSPS) is 9.65. The monoisotopic (exact) mass is 276 g/mol. The van der Waals surface area contributed by atoms with Crippen molar-refractivity contribution in [3.8, 4) is 6.07 Å². The van der Waals surface area contributed by atoms with Gasteiger partial charge in [0.05, 0.1) is 25.3 Å². The van der Waals surface area contributed by atoms with E-state index in [4.69, 9.17) is 10.00 Å². The molecule has 1 amide bonds. The van der Waals surface area contributed by atoms with Crippen LogP contribution in [0.1, 0.15) is 15.9 Å². The van der Waals surface area contributed by atoms with E-state index < -0.39 is 5.97 Å². The van der Waals surface area contributed by atoms with Crippen molar-refractivity contribution in [2.75, 3.05) is 33.9 Å². The van der Waals surface area contributed by atoms with E-state index in [1.165, 1.54) is 19.1 Å². The minimum Gasteiger partial charge on any atom is -0.468 e. The Hall–Kier alpha value is -2.39. The highest BCUT2D eigenvalue weighted by atomic mass is 16.5. The maximum absolute atomic E-state index is 12.3. The minimum absolute atomic E-state index is 0.140. The highest BCUT2D eigenvalue weighted by Crippen LogP contribution is 2.07. The van der Waals surface area contributed by atoms with Gasteiger partial charge in [-0.3, -0.25) is 9.59 Å². The molecule has 0 aromatic heterocycles. The highest BCUT2D eigenvalue weighted by molar-refractivity contribution is 5.96. The van der Waals surface area contributed by atoms with E-state index in [9.17, 15) is 9.59 Å². The van der Waals surface area contributed by atoms with Crippen molar-refractivity contribution in [1.29, 1.82) is 5.26 Å². The number of rotatable bonds is 6. The largest absolute Gasteiger partial charge is 0.468 e. The third kappa shape index (κ3) is 4.37. The summed E-state index contributed by atoms with van der Waals surface area (Å²) in [6.07, 6.45) is 0. The van der Waals surface area contributed by atoms with E-state index in [0.29, 0.717) is 17.7 Å². The summed E-state index contributed by atoms with van der Waals surface area (Å²) in [5, 5.41) is 8.72. The summed E-state index contributed by atoms with van der Waals surface area (Å²) in [4.78, 5) is 24.9. The third-order valence-electron chi connectivity index (χ3n) is 2.66. The second-order valence-electron chi connectivity index (χ2n) is 3.98. The Morgan fingerprint density at radius 1 is 1.25 bits per heavy atom. The van der Waals surface area contributed by atoms with E-state index in [2.05, 4.69) is 4.74 Å². The molecule has 0 radical (unpaired) electrons. The molecule has 0 heterocycles. The van der Waals surface area contributed by atoms with Gasteiger partial charge in [-0.05, 0) is 24.3 Å². The van der Waals surface area contributed by atoms with Gasteiger partial charge in [0.2, 0.25) is 0 Å². The summed E-state index contributed by atoms with van der Waals surface area (Å²) in [6.45, 7) is 0.460. The number of esters is 1. The Labute approximate surface area is 117 Å². The van der Waals surface area contributed by atoms with Crippen LogP contribution < -0.4 is 0 Å². The van der Waals surface area contributed by atoms with Crippen molar-refractivity contribution in [2.24, 2.45) is 0 Å². The van der Waals surface area contributed by atoms with Crippen LogP contribution in [0.15, 0.2) is 24.3 Å². The molecule has 1 aromatic rings. The SMILES string of the molecule is COCCN(CC(=O)OC)C(=O)c1ccc(C#N)cc1. The van der Waals surface area contributed by atoms with Gasteiger partial charge in [0, 0.05) is 19.2 Å². The first-order valence-corrected chi connectivity index (χ1v) is 5.97. The number of methoxy groups -OCH3 is 2. The van der Waals surface area contributed by atoms with Gasteiger partial charge in [-0.15, -0.1) is 0 Å². The van der Waals surface area contributed by atoms with Crippen LogP contribution in [0, 0.1) is 11.3 Å². The topological polar surface area (TPSA) is 79.6 Å². The van der Waals surface area contributed by atoms with Crippen LogP contribution >= 0.6 is 0 Å². The Morgan fingerprint density at radius 3 is 2.40 bits per heavy atom. The van der Waals surface area contributed by atoms with Gasteiger partial charge in [0.1, 0.15) is 6.54 Å². The number of carbonyl (C=O) groups is 2. The number of benzene rings is 1. The first-order valence-electron chi connectivity index (χ1n) is 5.97. The minimum atomic E-state index is -0.497. The lowest BCUT2D eigenvalue weighted by atomic mass is 10.1. The molecule has 0 aliphatic carbocycles. The smallest absolute Gasteiger partial charge is 0.325 e. The molecule has 6 nitrogen and oxygen atoms in total. The molecule has 0 saturated carbocycles. The molecule has 0 aliphatic heterocycles. The predicted molar refractivity (Wildman–Crippen MR) is 71.0 cm³/mol. The van der Waals surface area contributed by atoms with Crippen molar-refractivity contribution in [1.82, 2.24) is 4.90 Å². The maximum Gasteiger partial charge on any atom is 0.325 e. The molecule has 0 atom stereocenters. The van der Waals surface area contributed by atoms with Gasteiger partial charge in [0.15, 0.2) is 0 Å². The molecule has 0 fully saturated rings. The molecule has 0 saturated heterocycles. The van der Waals surface area contributed by atoms with E-state index in [-0.39, 0.29) is 19.0 Å². The molecule has 0 spiro atoms. The number of nitriles is 1. The number of amides is 1. The Bertz CT molecular complexity index is 505. The van der Waals surface area contributed by atoms with E-state index >= 15 is 0 Å². The van der Waals surface area contributed by atoms with Crippen molar-refractivity contribution < 1.29 is 19.1 Å². The highest BCUT2D eigenvalue weighted by Gasteiger charge is 2.18. The fourth-order valence-electron chi connectivity index (χ4n) is 1.54. The summed E-state index contributed by atoms with van der Waals surface area (Å²) in [5.41, 5.74) is 0.877. The zero-order chi connectivity index (χ0) is 15.0. The number of hydrogen-bond acceptors (Lipinski definition) is 5. The maximum atomic E-state index is 12.3. The Balaban J connectivity index is 2.84. The lowest BCUT2D eigenvalue weighted by molar-refractivity contribution is -0.141. The molecule has 0 bridgehead atoms. The van der Waals surface area contributed by atoms with E-state index in [1.807, 2.05) is 6.07 Å². The van der Waals surface area contributed by atoms with Gasteiger partial charge in [-0.1, -0.05) is 0 Å². The average Bonchev–Trinajstić information content (AvgIpc) is 2.50. The van der Waals surface area contributed by atoms with Gasteiger partial charge >= 0.3 is 5.97 Å². The van der Waals surface area contributed by atoms with Gasteiger partial charge in [-0.25, -0.2) is 0 Å². The molecule has 0 aliphatic rings. The van der Waals surface area contributed by atoms with Crippen LogP contribution in [-0.2, 0) is 14.3 Å². The summed E-state index contributed by atoms with van der Waals surface area (Å²) in [7, 11) is 2.78. The lowest BCUT2D eigenvalue weighted by Gasteiger charge is -2.21. The molecule has 0 unspecified atom stereocenters. The summed E-state index contributed by atoms with van der Waals surface area (Å²) in [5.74, 6) is -0.806. The lowest BCUT2D eigenvalue weighted by Crippen LogP contribution is -2.38. The molecule has 6 heteroatoms. The fourth-order valence-corrected chi connectivity index (χ4v) is 1.54. The Kier molecular flexibility index (Phi) is 6.20. The standard InChI is InChI=1S/C14H16N2O4/c1-19-8-7-16(10-13(17)20-2)14(18)12-5-3-11(9-15)4-6-12/h3-6H,7-8,10H2,1-2H3. The molecule has 106 valence electrons. The second-order valence-corrected chi connectivity index (χ2v) is 3.98. The first kappa shape index (κ1) is 15.7. The van der Waals surface area contributed by atoms with Crippen molar-refractivity contribution in [3.05, 3.63) is 35.4 Å². The number of nitrogens with zero attached hydrogens (tertiary/aromatic N) is 2. The quantitative estimate of drug-likeness (QED) is 0.719. The van der Waals surface area contributed by atoms with Crippen LogP contribution in [0.25, 0.3) is 0 Å². The van der Waals surface area contributed by atoms with Crippen LogP contribution in [0.2, 0.25) is 0 Å². The molecular formula is C14H16N2O4. The van der Waals surface area contributed by atoms with E-state index in [1.54, 1.807) is 24.3 Å². The molecule has 20 heavy (non-hydrogen) atoms. The summed E-state index contributed by atoms with van der Waals surface area (Å²) < 4.78 is 9.49. The van der Waals surface area contributed by atoms with Crippen LogP contribution in [0.4, 0.5) is 0 Å². The zero-order valence-corrected chi connectivity index (χ0v) is 11.5. The van der Waals surface area contributed by atoms with Crippen molar-refractivity contribution >= 4 is 11.9 Å². The second kappa shape index (κ2) is 7.92. The van der Waals surface area contributed by atoms with Crippen LogP contribution in [-0.4, -0.2) is 50.7 Å². The van der Waals surface area contributed by atoms with Crippen molar-refractivity contribution in [3.63, 3.8) is 0 Å². The fraction of sp³-hybridized carbons (Fsp3) is 0.357. The number of ether oxygens (including phenoxy) is 2.